The summed E-state index contributed by atoms with van der Waals surface area (Å²) in [6.07, 6.45) is 0. The molecule has 0 N–H and O–H groups in total. The molecule has 0 saturated heterocycles. The van der Waals surface area contributed by atoms with E-state index in [1.165, 1.54) is 0 Å². The largest absolute Gasteiger partial charge is 0.437 e. The second-order valence-electron chi connectivity index (χ2n) is 11.7. The van der Waals surface area contributed by atoms with Crippen LogP contribution in [0.3, 0.4) is 0 Å². The van der Waals surface area contributed by atoms with Crippen molar-refractivity contribution >= 4 is 50.4 Å². The van der Waals surface area contributed by atoms with Gasteiger partial charge in [-0.25, -0.2) is 0 Å². The predicted molar refractivity (Wildman–Crippen MR) is 133 cm³/mol. The van der Waals surface area contributed by atoms with Crippen molar-refractivity contribution in [1.29, 1.82) is 0 Å². The lowest BCUT2D eigenvalue weighted by Gasteiger charge is -2.35. The molecule has 0 aliphatic heterocycles. The normalized spacial score (nSPS) is 14.8. The van der Waals surface area contributed by atoms with Crippen LogP contribution in [0.2, 0.25) is 105 Å². The van der Waals surface area contributed by atoms with Gasteiger partial charge in [0.15, 0.2) is 33.3 Å². The summed E-state index contributed by atoms with van der Waals surface area (Å²) in [5.41, 5.74) is 0. The number of hydrogen-bond acceptors (Lipinski definition) is 4. The molecule has 0 bridgehead atoms. The molecule has 0 fully saturated rings. The summed E-state index contributed by atoms with van der Waals surface area (Å²) in [5.74, 6) is 0. The first kappa shape index (κ1) is 29.3. The lowest BCUT2D eigenvalue weighted by atomic mass is 11.8. The Morgan fingerprint density at radius 1 is 0.269 bits per heavy atom. The van der Waals surface area contributed by atoms with Crippen LogP contribution in [0.15, 0.2) is 0 Å². The second kappa shape index (κ2) is 9.76. The summed E-state index contributed by atoms with van der Waals surface area (Å²) in [7, 11) is -9.44. The van der Waals surface area contributed by atoms with Gasteiger partial charge >= 0.3 is 17.1 Å². The van der Waals surface area contributed by atoms with Gasteiger partial charge in [-0.15, -0.1) is 0 Å². The molecule has 0 aromatic carbocycles. The molecule has 0 aromatic heterocycles. The Morgan fingerprint density at radius 3 is 0.462 bits per heavy atom. The van der Waals surface area contributed by atoms with Crippen LogP contribution in [0, 0.1) is 0 Å². The van der Waals surface area contributed by atoms with Gasteiger partial charge in [0.25, 0.3) is 0 Å². The van der Waals surface area contributed by atoms with Gasteiger partial charge in [0.2, 0.25) is 0 Å². The minimum Gasteiger partial charge on any atom is -0.437 e. The second-order valence-corrected chi connectivity index (χ2v) is 37.4. The molecule has 0 aliphatic carbocycles. The van der Waals surface area contributed by atoms with Crippen LogP contribution in [0.25, 0.3) is 0 Å². The molecule has 0 heterocycles. The highest BCUT2D eigenvalue weighted by Gasteiger charge is 2.36. The monoisotopic (exact) mass is 472 g/mol. The molecule has 0 spiro atoms. The molecule has 0 saturated carbocycles. The lowest BCUT2D eigenvalue weighted by Crippen LogP contribution is -2.50. The molecule has 0 amide bonds. The van der Waals surface area contributed by atoms with Gasteiger partial charge in [-0.05, 0) is 105 Å². The van der Waals surface area contributed by atoms with Crippen molar-refractivity contribution in [3.8, 4) is 0 Å². The third-order valence-corrected chi connectivity index (χ3v) is 19.9. The van der Waals surface area contributed by atoms with Crippen LogP contribution in [0.4, 0.5) is 0 Å². The average molecular weight is 473 g/mol. The third kappa shape index (κ3) is 23.2. The summed E-state index contributed by atoms with van der Waals surface area (Å²) in [6.45, 7) is 35.2. The minimum atomic E-state index is -1.85. The van der Waals surface area contributed by atoms with Crippen molar-refractivity contribution in [1.82, 2.24) is 0 Å². The maximum Gasteiger partial charge on any atom is 0.311 e. The van der Waals surface area contributed by atoms with Crippen LogP contribution in [0.1, 0.15) is 0 Å². The highest BCUT2D eigenvalue weighted by Crippen LogP contribution is 2.20. The van der Waals surface area contributed by atoms with Crippen LogP contribution >= 0.6 is 0 Å². The van der Waals surface area contributed by atoms with Gasteiger partial charge < -0.3 is 16.5 Å². The molecule has 10 heteroatoms. The van der Waals surface area contributed by atoms with E-state index in [0.717, 1.165) is 0 Å². The van der Waals surface area contributed by atoms with Gasteiger partial charge in [-0.1, -0.05) is 0 Å². The van der Waals surface area contributed by atoms with E-state index in [1.807, 2.05) is 0 Å². The zero-order valence-electron chi connectivity index (χ0n) is 20.6. The maximum atomic E-state index is 6.09. The van der Waals surface area contributed by atoms with Crippen molar-refractivity contribution in [2.45, 2.75) is 105 Å². The van der Waals surface area contributed by atoms with Crippen LogP contribution in [0.5, 0.6) is 0 Å². The topological polar surface area (TPSA) is 36.9 Å². The molecule has 0 radical (unpaired) electrons. The molecule has 160 valence electrons. The van der Waals surface area contributed by atoms with Crippen LogP contribution < -0.4 is 0 Å². The Kier molecular flexibility index (Phi) is 11.0. The fraction of sp³-hybridized carbons (Fsp3) is 1.00. The minimum absolute atomic E-state index is 1.43. The van der Waals surface area contributed by atoms with Crippen molar-refractivity contribution in [3.63, 3.8) is 0 Å². The summed E-state index contributed by atoms with van der Waals surface area (Å²) < 4.78 is 24.4. The van der Waals surface area contributed by atoms with E-state index >= 15 is 0 Å². The molecule has 0 rings (SSSR count). The molecular formula is C16H48O4Si6. The summed E-state index contributed by atoms with van der Waals surface area (Å²) >= 11 is 0. The van der Waals surface area contributed by atoms with Crippen molar-refractivity contribution < 1.29 is 16.5 Å². The highest BCUT2D eigenvalue weighted by atomic mass is 28.5. The first-order valence-corrected chi connectivity index (χ1v) is 28.9. The zero-order valence-corrected chi connectivity index (χ0v) is 26.6. The first-order chi connectivity index (χ1) is 10.8. The third-order valence-electron chi connectivity index (χ3n) is 2.21. The van der Waals surface area contributed by atoms with Gasteiger partial charge in [-0.3, -0.25) is 0 Å². The molecule has 0 atom stereocenters. The first-order valence-electron chi connectivity index (χ1n) is 9.63. The fourth-order valence-corrected chi connectivity index (χ4v) is 27.7. The van der Waals surface area contributed by atoms with E-state index in [9.17, 15) is 0 Å². The quantitative estimate of drug-likeness (QED) is 0.365. The Morgan fingerprint density at radius 2 is 0.385 bits per heavy atom. The SMILES string of the molecule is C[Si](C)(C)O[Si](C)(C)O[Si](C)(C)C.C[Si](C)(C)O[Si](C)(C)O[Si](C)(C)C. The van der Waals surface area contributed by atoms with Gasteiger partial charge in [0, 0.05) is 0 Å². The maximum absolute atomic E-state index is 6.09. The Balaban J connectivity index is 0. The van der Waals surface area contributed by atoms with Gasteiger partial charge in [0.05, 0.1) is 0 Å². The van der Waals surface area contributed by atoms with E-state index in [1.54, 1.807) is 0 Å². The molecule has 0 aliphatic rings. The van der Waals surface area contributed by atoms with Gasteiger partial charge in [0.1, 0.15) is 0 Å². The molecular weight excluding hydrogens is 425 g/mol. The van der Waals surface area contributed by atoms with Gasteiger partial charge in [-0.2, -0.15) is 0 Å². The highest BCUT2D eigenvalue weighted by molar-refractivity contribution is 6.87. The van der Waals surface area contributed by atoms with E-state index in [-0.39, 0.29) is 0 Å². The van der Waals surface area contributed by atoms with Crippen molar-refractivity contribution in [2.75, 3.05) is 0 Å². The number of rotatable bonds is 8. The summed E-state index contributed by atoms with van der Waals surface area (Å²) in [5, 5.41) is 0. The fourth-order valence-electron chi connectivity index (χ4n) is 2.99. The average Bonchev–Trinajstić information content (AvgIpc) is 1.97. The Bertz CT molecular complexity index is 338. The lowest BCUT2D eigenvalue weighted by molar-refractivity contribution is 0.394. The molecule has 0 unspecified atom stereocenters. The zero-order chi connectivity index (χ0) is 21.8. The molecule has 0 aromatic rings. The van der Waals surface area contributed by atoms with E-state index in [0.29, 0.717) is 0 Å². The van der Waals surface area contributed by atoms with E-state index in [2.05, 4.69) is 105 Å². The van der Waals surface area contributed by atoms with Crippen LogP contribution in [-0.2, 0) is 16.5 Å². The van der Waals surface area contributed by atoms with Crippen LogP contribution in [-0.4, -0.2) is 50.4 Å². The summed E-state index contributed by atoms with van der Waals surface area (Å²) in [6, 6.07) is 0. The van der Waals surface area contributed by atoms with E-state index < -0.39 is 50.4 Å². The summed E-state index contributed by atoms with van der Waals surface area (Å²) in [4.78, 5) is 0. The standard InChI is InChI=1S/2C8H24O2Si3/c2*1-11(2,3)9-13(7,8)10-12(4,5)6/h2*1-8H3. The van der Waals surface area contributed by atoms with Crippen molar-refractivity contribution in [3.05, 3.63) is 0 Å². The van der Waals surface area contributed by atoms with E-state index in [4.69, 9.17) is 16.5 Å². The smallest absolute Gasteiger partial charge is 0.311 e. The Hall–Kier alpha value is 1.14. The van der Waals surface area contributed by atoms with Crippen molar-refractivity contribution in [2.24, 2.45) is 0 Å². The number of hydrogen-bond donors (Lipinski definition) is 0. The molecule has 4 nitrogen and oxygen atoms in total. The molecule has 26 heavy (non-hydrogen) atoms. The Labute approximate surface area is 171 Å². The predicted octanol–water partition coefficient (Wildman–Crippen LogP) is 6.78.